The van der Waals surface area contributed by atoms with Crippen LogP contribution in [-0.4, -0.2) is 64.3 Å². The summed E-state index contributed by atoms with van der Waals surface area (Å²) in [6.07, 6.45) is -0.0495. The van der Waals surface area contributed by atoms with Gasteiger partial charge in [0, 0.05) is 12.6 Å². The maximum Gasteiger partial charge on any atom is 0.323 e. The molecule has 1 unspecified atom stereocenters. The molecule has 1 aliphatic heterocycles. The van der Waals surface area contributed by atoms with Crippen molar-refractivity contribution in [2.24, 2.45) is 0 Å². The zero-order valence-corrected chi connectivity index (χ0v) is 12.3. The van der Waals surface area contributed by atoms with Crippen LogP contribution in [0.4, 0.5) is 4.79 Å². The van der Waals surface area contributed by atoms with E-state index in [-0.39, 0.29) is 24.7 Å². The highest BCUT2D eigenvalue weighted by molar-refractivity contribution is 5.80. The van der Waals surface area contributed by atoms with Gasteiger partial charge in [0.2, 0.25) is 0 Å². The summed E-state index contributed by atoms with van der Waals surface area (Å²) < 4.78 is 5.75. The monoisotopic (exact) mass is 272 g/mol. The Hall–Kier alpha value is -1.30. The van der Waals surface area contributed by atoms with E-state index in [1.54, 1.807) is 4.90 Å². The van der Waals surface area contributed by atoms with Crippen molar-refractivity contribution in [3.63, 3.8) is 0 Å². The highest BCUT2D eigenvalue weighted by atomic mass is 16.5. The fourth-order valence-corrected chi connectivity index (χ4v) is 2.40. The highest BCUT2D eigenvalue weighted by Gasteiger charge is 2.36. The molecule has 0 radical (unpaired) electrons. The van der Waals surface area contributed by atoms with Gasteiger partial charge in [0.25, 0.3) is 0 Å². The van der Waals surface area contributed by atoms with Crippen molar-refractivity contribution in [1.82, 2.24) is 9.80 Å². The second kappa shape index (κ2) is 5.77. The van der Waals surface area contributed by atoms with Gasteiger partial charge in [-0.3, -0.25) is 4.79 Å². The van der Waals surface area contributed by atoms with E-state index < -0.39 is 11.6 Å². The lowest BCUT2D eigenvalue weighted by molar-refractivity contribution is -0.139. The van der Waals surface area contributed by atoms with Gasteiger partial charge in [-0.05, 0) is 34.6 Å². The van der Waals surface area contributed by atoms with Crippen molar-refractivity contribution in [3.05, 3.63) is 0 Å². The summed E-state index contributed by atoms with van der Waals surface area (Å²) in [7, 11) is 0. The molecule has 2 amide bonds. The number of hydrogen-bond donors (Lipinski definition) is 1. The van der Waals surface area contributed by atoms with Crippen LogP contribution in [0.1, 0.15) is 34.6 Å². The van der Waals surface area contributed by atoms with Gasteiger partial charge in [-0.25, -0.2) is 4.79 Å². The van der Waals surface area contributed by atoms with Gasteiger partial charge < -0.3 is 19.6 Å². The summed E-state index contributed by atoms with van der Waals surface area (Å²) in [4.78, 5) is 26.3. The third-order valence-corrected chi connectivity index (χ3v) is 3.01. The topological polar surface area (TPSA) is 70.1 Å². The number of carboxylic acid groups (broad SMARTS) is 1. The molecular weight excluding hydrogens is 248 g/mol. The maximum absolute atomic E-state index is 12.4. The number of urea groups is 1. The van der Waals surface area contributed by atoms with Gasteiger partial charge >= 0.3 is 12.0 Å². The van der Waals surface area contributed by atoms with Gasteiger partial charge in [0.15, 0.2) is 0 Å². The molecule has 0 spiro atoms. The first-order valence-electron chi connectivity index (χ1n) is 6.57. The number of carboxylic acids is 1. The fourth-order valence-electron chi connectivity index (χ4n) is 2.40. The predicted octanol–water partition coefficient (Wildman–Crippen LogP) is 1.40. The summed E-state index contributed by atoms with van der Waals surface area (Å²) in [5.74, 6) is -0.998. The minimum Gasteiger partial charge on any atom is -0.480 e. The van der Waals surface area contributed by atoms with Crippen LogP contribution < -0.4 is 0 Å². The minimum absolute atomic E-state index is 0.0495. The Labute approximate surface area is 114 Å². The lowest BCUT2D eigenvalue weighted by atomic mass is 10.1. The van der Waals surface area contributed by atoms with Crippen molar-refractivity contribution in [3.8, 4) is 0 Å². The normalized spacial score (nSPS) is 22.4. The molecule has 1 rings (SSSR count). The van der Waals surface area contributed by atoms with E-state index >= 15 is 0 Å². The summed E-state index contributed by atoms with van der Waals surface area (Å²) in [6, 6.07) is -0.384. The summed E-state index contributed by atoms with van der Waals surface area (Å²) >= 11 is 0. The molecule has 0 aromatic heterocycles. The number of carbonyl (C=O) groups is 2. The molecule has 6 nitrogen and oxygen atoms in total. The second-order valence-corrected chi connectivity index (χ2v) is 5.97. The van der Waals surface area contributed by atoms with Crippen molar-refractivity contribution in [2.45, 2.75) is 52.4 Å². The number of ether oxygens (including phenoxy) is 1. The molecule has 6 heteroatoms. The fraction of sp³-hybridized carbons (Fsp3) is 0.846. The average molecular weight is 272 g/mol. The molecule has 19 heavy (non-hydrogen) atoms. The number of hydrogen-bond acceptors (Lipinski definition) is 3. The first kappa shape index (κ1) is 15.8. The molecule has 110 valence electrons. The van der Waals surface area contributed by atoms with E-state index in [4.69, 9.17) is 9.84 Å². The molecule has 0 aromatic carbocycles. The number of aliphatic carboxylic acids is 1. The highest BCUT2D eigenvalue weighted by Crippen LogP contribution is 2.22. The van der Waals surface area contributed by atoms with E-state index in [2.05, 4.69) is 0 Å². The Morgan fingerprint density at radius 3 is 2.47 bits per heavy atom. The van der Waals surface area contributed by atoms with Crippen molar-refractivity contribution in [1.29, 1.82) is 0 Å². The van der Waals surface area contributed by atoms with Crippen LogP contribution in [0.3, 0.4) is 0 Å². The molecule has 1 heterocycles. The number of amides is 2. The van der Waals surface area contributed by atoms with Gasteiger partial charge in [-0.2, -0.15) is 0 Å². The van der Waals surface area contributed by atoms with E-state index in [1.807, 2.05) is 34.6 Å². The summed E-state index contributed by atoms with van der Waals surface area (Å²) in [5, 5.41) is 8.90. The molecule has 0 saturated carbocycles. The van der Waals surface area contributed by atoms with Crippen molar-refractivity contribution in [2.75, 3.05) is 19.6 Å². The average Bonchev–Trinajstić information content (AvgIpc) is 2.21. The number of morpholine rings is 1. The summed E-state index contributed by atoms with van der Waals surface area (Å²) in [6.45, 7) is 10.1. The van der Waals surface area contributed by atoms with Crippen LogP contribution in [0.2, 0.25) is 0 Å². The van der Waals surface area contributed by atoms with Crippen LogP contribution in [0.5, 0.6) is 0 Å². The minimum atomic E-state index is -0.998. The smallest absolute Gasteiger partial charge is 0.323 e. The summed E-state index contributed by atoms with van der Waals surface area (Å²) in [5.41, 5.74) is -0.404. The van der Waals surface area contributed by atoms with Gasteiger partial charge in [0.1, 0.15) is 6.54 Å². The Kier molecular flexibility index (Phi) is 4.79. The van der Waals surface area contributed by atoms with Crippen LogP contribution in [0.25, 0.3) is 0 Å². The van der Waals surface area contributed by atoms with Crippen molar-refractivity contribution < 1.29 is 19.4 Å². The third kappa shape index (κ3) is 4.38. The zero-order chi connectivity index (χ0) is 14.8. The SMILES string of the molecule is CC1CN(C(=O)N(CC(=O)O)C(C)C)CC(C)(C)O1. The van der Waals surface area contributed by atoms with E-state index in [9.17, 15) is 9.59 Å². The number of nitrogens with zero attached hydrogens (tertiary/aromatic N) is 2. The van der Waals surface area contributed by atoms with Gasteiger partial charge in [-0.15, -0.1) is 0 Å². The molecule has 1 saturated heterocycles. The molecule has 0 aliphatic carbocycles. The lowest BCUT2D eigenvalue weighted by Crippen LogP contribution is -2.58. The quantitative estimate of drug-likeness (QED) is 0.843. The second-order valence-electron chi connectivity index (χ2n) is 5.97. The van der Waals surface area contributed by atoms with E-state index in [0.717, 1.165) is 0 Å². The van der Waals surface area contributed by atoms with Crippen LogP contribution in [0, 0.1) is 0 Å². The number of rotatable bonds is 3. The van der Waals surface area contributed by atoms with Gasteiger partial charge in [0.05, 0.1) is 18.2 Å². The Balaban J connectivity index is 2.81. The van der Waals surface area contributed by atoms with Gasteiger partial charge in [-0.1, -0.05) is 0 Å². The largest absolute Gasteiger partial charge is 0.480 e. The van der Waals surface area contributed by atoms with E-state index in [1.165, 1.54) is 4.90 Å². The molecular formula is C13H24N2O4. The molecule has 1 N–H and O–H groups in total. The lowest BCUT2D eigenvalue weighted by Gasteiger charge is -2.43. The molecule has 1 atom stereocenters. The molecule has 1 aliphatic rings. The Morgan fingerprint density at radius 1 is 1.47 bits per heavy atom. The molecule has 1 fully saturated rings. The Bertz CT molecular complexity index is 355. The first-order valence-corrected chi connectivity index (χ1v) is 6.57. The van der Waals surface area contributed by atoms with Crippen molar-refractivity contribution >= 4 is 12.0 Å². The Morgan fingerprint density at radius 2 is 2.05 bits per heavy atom. The third-order valence-electron chi connectivity index (χ3n) is 3.01. The zero-order valence-electron chi connectivity index (χ0n) is 12.3. The standard InChI is InChI=1S/C13H24N2O4/c1-9(2)15(7-11(16)17)12(18)14-6-10(3)19-13(4,5)8-14/h9-10H,6-8H2,1-5H3,(H,16,17). The number of carbonyl (C=O) groups excluding carboxylic acids is 1. The predicted molar refractivity (Wildman–Crippen MR) is 71.1 cm³/mol. The van der Waals surface area contributed by atoms with Crippen LogP contribution in [-0.2, 0) is 9.53 Å². The molecule has 0 aromatic rings. The maximum atomic E-state index is 12.4. The molecule has 0 bridgehead atoms. The van der Waals surface area contributed by atoms with E-state index in [0.29, 0.717) is 13.1 Å². The van der Waals surface area contributed by atoms with Crippen LogP contribution in [0.15, 0.2) is 0 Å². The first-order chi connectivity index (χ1) is 8.62. The van der Waals surface area contributed by atoms with Crippen LogP contribution >= 0.6 is 0 Å².